The van der Waals surface area contributed by atoms with E-state index in [4.69, 9.17) is 5.11 Å². The number of esters is 3. The lowest BCUT2D eigenvalue weighted by Gasteiger charge is -2.26. The minimum Gasteiger partial charge on any atom is -0.481 e. The molecule has 3 unspecified atom stereocenters. The van der Waals surface area contributed by atoms with Gasteiger partial charge in [-0.25, -0.2) is 4.79 Å². The monoisotopic (exact) mass is 909 g/mol. The van der Waals surface area contributed by atoms with E-state index in [1.54, 1.807) is 31.5 Å². The molecule has 0 aromatic carbocycles. The molecule has 3 heterocycles. The number of H-pyrrole nitrogens is 1. The molecular weight excluding hydrogens is 833 g/mol. The molecule has 3 aromatic rings. The molecule has 0 aliphatic heterocycles. The summed E-state index contributed by atoms with van der Waals surface area (Å²) < 4.78 is 17.2. The van der Waals surface area contributed by atoms with E-state index < -0.39 is 5.97 Å². The molecule has 3 aromatic heterocycles. The molecular formula is C49H76N6O10. The summed E-state index contributed by atoms with van der Waals surface area (Å²) in [4.78, 5) is 66.2. The smallest absolute Gasteiger partial charge is 0.330 e. The molecule has 3 atom stereocenters. The summed E-state index contributed by atoms with van der Waals surface area (Å²) >= 11 is 0. The average molecular weight is 909 g/mol. The molecule has 16 nitrogen and oxygen atoms in total. The highest BCUT2D eigenvalue weighted by atomic mass is 16.5. The number of aliphatic carboxylic acids is 1. The van der Waals surface area contributed by atoms with Crippen LogP contribution in [0, 0.1) is 17.8 Å². The lowest BCUT2D eigenvalue weighted by Crippen LogP contribution is -2.20. The van der Waals surface area contributed by atoms with Crippen LogP contribution in [0.5, 0.6) is 0 Å². The van der Waals surface area contributed by atoms with Crippen LogP contribution in [0.4, 0.5) is 0 Å². The highest BCUT2D eigenvalue weighted by Crippen LogP contribution is 2.37. The van der Waals surface area contributed by atoms with Gasteiger partial charge in [-0.05, 0) is 134 Å². The number of aromatic amines is 1. The lowest BCUT2D eigenvalue weighted by atomic mass is 9.78. The Labute approximate surface area is 385 Å². The lowest BCUT2D eigenvalue weighted by molar-refractivity contribution is -0.143. The van der Waals surface area contributed by atoms with Crippen molar-refractivity contribution in [3.8, 4) is 0 Å². The zero-order valence-electron chi connectivity index (χ0n) is 38.3. The fourth-order valence-electron chi connectivity index (χ4n) is 8.05. The Kier molecular flexibility index (Phi) is 26.2. The van der Waals surface area contributed by atoms with Gasteiger partial charge in [-0.15, -0.1) is 0 Å². The molecule has 3 aliphatic rings. The van der Waals surface area contributed by atoms with Crippen LogP contribution in [0.25, 0.3) is 5.57 Å². The number of nitrogens with zero attached hydrogens (tertiary/aromatic N) is 5. The number of carboxylic acids is 1. The molecule has 2 saturated carbocycles. The van der Waals surface area contributed by atoms with Crippen LogP contribution in [0.3, 0.4) is 0 Å². The largest absolute Gasteiger partial charge is 0.481 e. The van der Waals surface area contributed by atoms with Crippen LogP contribution in [-0.4, -0.2) is 91.6 Å². The highest BCUT2D eigenvalue weighted by Gasteiger charge is 2.28. The van der Waals surface area contributed by atoms with Gasteiger partial charge in [0.25, 0.3) is 0 Å². The van der Waals surface area contributed by atoms with Gasteiger partial charge in [0.05, 0.1) is 70.8 Å². The van der Waals surface area contributed by atoms with Gasteiger partial charge in [0.1, 0.15) is 11.6 Å². The van der Waals surface area contributed by atoms with Crippen LogP contribution in [0.1, 0.15) is 174 Å². The Morgan fingerprint density at radius 3 is 1.54 bits per heavy atom. The first-order valence-electron chi connectivity index (χ1n) is 21.9. The Bertz CT molecular complexity index is 1870. The van der Waals surface area contributed by atoms with E-state index >= 15 is 0 Å². The molecule has 6 rings (SSSR count). The van der Waals surface area contributed by atoms with Crippen molar-refractivity contribution in [2.75, 3.05) is 21.3 Å². The van der Waals surface area contributed by atoms with Gasteiger partial charge in [-0.3, -0.25) is 38.4 Å². The summed E-state index contributed by atoms with van der Waals surface area (Å²) in [6, 6.07) is -0.0404. The summed E-state index contributed by atoms with van der Waals surface area (Å²) in [6.45, 7) is 9.02. The highest BCUT2D eigenvalue weighted by molar-refractivity contribution is 5.81. The van der Waals surface area contributed by atoms with Gasteiger partial charge in [0.15, 0.2) is 0 Å². The number of allylic oxidation sites excluding steroid dienone is 3. The van der Waals surface area contributed by atoms with Crippen LogP contribution in [-0.2, 0) is 43.0 Å². The second-order valence-electron chi connectivity index (χ2n) is 16.6. The van der Waals surface area contributed by atoms with E-state index in [2.05, 4.69) is 40.7 Å². The topological polar surface area (TPSA) is 215 Å². The molecule has 3 aliphatic carbocycles. The Morgan fingerprint density at radius 1 is 0.723 bits per heavy atom. The summed E-state index contributed by atoms with van der Waals surface area (Å²) in [5, 5.41) is 24.4. The zero-order valence-corrected chi connectivity index (χ0v) is 38.3. The number of rotatable bonds is 13. The van der Waals surface area contributed by atoms with Gasteiger partial charge in [-0.1, -0.05) is 27.0 Å². The maximum absolute atomic E-state index is 11.4. The number of carbonyl (C=O) groups excluding carboxylic acids is 5. The van der Waals surface area contributed by atoms with Crippen molar-refractivity contribution in [1.82, 2.24) is 29.8 Å². The van der Waals surface area contributed by atoms with Gasteiger partial charge < -0.3 is 19.3 Å². The number of aromatic nitrogens is 6. The first kappa shape index (κ1) is 57.3. The molecule has 0 saturated heterocycles. The second-order valence-corrected chi connectivity index (χ2v) is 16.6. The third-order valence-corrected chi connectivity index (χ3v) is 12.2. The Morgan fingerprint density at radius 2 is 1.20 bits per heavy atom. The fourth-order valence-corrected chi connectivity index (χ4v) is 8.05. The molecule has 2 fully saturated rings. The summed E-state index contributed by atoms with van der Waals surface area (Å²) in [5.41, 5.74) is 4.83. The number of carbonyl (C=O) groups is 6. The van der Waals surface area contributed by atoms with Crippen LogP contribution < -0.4 is 0 Å². The second kappa shape index (κ2) is 29.7. The van der Waals surface area contributed by atoms with Crippen molar-refractivity contribution in [2.24, 2.45) is 17.8 Å². The van der Waals surface area contributed by atoms with Crippen molar-refractivity contribution in [3.05, 3.63) is 72.1 Å². The van der Waals surface area contributed by atoms with E-state index in [1.807, 2.05) is 55.7 Å². The minimum atomic E-state index is -0.684. The van der Waals surface area contributed by atoms with E-state index in [9.17, 15) is 28.8 Å². The number of ether oxygens (including phenoxy) is 3. The normalized spacial score (nSPS) is 20.9. The number of nitrogens with one attached hydrogen (secondary N) is 1. The molecule has 0 radical (unpaired) electrons. The SMILES string of the molecule is C.C.C/C=C/C(=O)OC.CC(=O)C1CC=C(c2cn[nH]c2)CC1.COC(=O)CC(C)n1cc(C2CCC(C(=O)O)CC2)cn1.COC(=O)CC(C)n1cc(C2CCC(C(C)=O)CC2)cn1. The number of ketones is 2. The summed E-state index contributed by atoms with van der Waals surface area (Å²) in [7, 11) is 4.13. The average Bonchev–Trinajstić information content (AvgIpc) is 4.11. The molecule has 0 spiro atoms. The summed E-state index contributed by atoms with van der Waals surface area (Å²) in [6.07, 6.45) is 27.4. The zero-order chi connectivity index (χ0) is 46.5. The molecule has 362 valence electrons. The molecule has 0 bridgehead atoms. The first-order valence-corrected chi connectivity index (χ1v) is 21.9. The van der Waals surface area contributed by atoms with Crippen molar-refractivity contribution in [1.29, 1.82) is 0 Å². The van der Waals surface area contributed by atoms with Crippen molar-refractivity contribution < 1.29 is 48.1 Å². The van der Waals surface area contributed by atoms with Gasteiger partial charge in [0, 0.05) is 42.1 Å². The maximum Gasteiger partial charge on any atom is 0.330 e. The summed E-state index contributed by atoms with van der Waals surface area (Å²) in [5.74, 6) is 0.318. The van der Waals surface area contributed by atoms with Crippen molar-refractivity contribution in [3.63, 3.8) is 0 Å². The van der Waals surface area contributed by atoms with Crippen LogP contribution >= 0.6 is 0 Å². The van der Waals surface area contributed by atoms with E-state index in [-0.39, 0.29) is 62.6 Å². The minimum absolute atomic E-state index is 0. The van der Waals surface area contributed by atoms with Gasteiger partial charge in [-0.2, -0.15) is 15.3 Å². The quantitative estimate of drug-likeness (QED) is 0.0930. The molecule has 65 heavy (non-hydrogen) atoms. The predicted molar refractivity (Wildman–Crippen MR) is 250 cm³/mol. The predicted octanol–water partition coefficient (Wildman–Crippen LogP) is 9.43. The number of Topliss-reactive ketones (excluding diaryl/α,β-unsaturated/α-hetero) is 2. The number of hydrogen-bond acceptors (Lipinski definition) is 12. The fraction of sp³-hybridized carbons (Fsp3) is 0.612. The van der Waals surface area contributed by atoms with Gasteiger partial charge in [0.2, 0.25) is 0 Å². The third-order valence-electron chi connectivity index (χ3n) is 12.2. The van der Waals surface area contributed by atoms with E-state index in [0.29, 0.717) is 36.2 Å². The van der Waals surface area contributed by atoms with Crippen LogP contribution in [0.15, 0.2) is 55.4 Å². The first-order chi connectivity index (χ1) is 30.1. The van der Waals surface area contributed by atoms with E-state index in [1.165, 1.54) is 38.5 Å². The van der Waals surface area contributed by atoms with Crippen molar-refractivity contribution in [2.45, 2.75) is 157 Å². The molecule has 16 heteroatoms. The Balaban J connectivity index is 0.000000454. The molecule has 0 amide bonds. The third kappa shape index (κ3) is 19.1. The number of methoxy groups -OCH3 is 3. The van der Waals surface area contributed by atoms with E-state index in [0.717, 1.165) is 81.8 Å². The van der Waals surface area contributed by atoms with Gasteiger partial charge >= 0.3 is 23.9 Å². The molecule has 2 N–H and O–H groups in total. The standard InChI is InChI=1S/C16H24N2O3.C15H22N2O4.C11H14N2O.C5H8O2.2CH4/c1-11(8-16(20)21-3)18-10-15(9-17-18)14-6-4-13(5-7-14)12(2)19;1-10(7-14(18)21-2)17-9-13(8-16-17)11-3-5-12(6-4-11)15(19)20;1-8(14)9-2-4-10(5-3-9)11-6-12-13-7-11;1-3-4-5(6)7-2;;/h9-11,13-14H,4-8H2,1-3H3;8-12H,3-7H2,1-2H3,(H,19,20);4,6-7,9H,2-3,5H2,1H3,(H,12,13);3-4H,1-2H3;2*1H4/b;;;4-3+;;. The van der Waals surface area contributed by atoms with Crippen molar-refractivity contribution >= 4 is 41.0 Å². The number of hydrogen-bond donors (Lipinski definition) is 2. The Hall–Kier alpha value is -5.67. The van der Waals surface area contributed by atoms with Crippen LogP contribution in [0.2, 0.25) is 0 Å². The maximum atomic E-state index is 11.4. The number of carboxylic acid groups (broad SMARTS) is 1.